The Balaban J connectivity index is 2.00. The van der Waals surface area contributed by atoms with Gasteiger partial charge in [-0.25, -0.2) is 0 Å². The van der Waals surface area contributed by atoms with Crippen LogP contribution in [0.5, 0.6) is 0 Å². The van der Waals surface area contributed by atoms with Gasteiger partial charge < -0.3 is 4.42 Å². The third-order valence-electron chi connectivity index (χ3n) is 2.52. The topological polar surface area (TPSA) is 16.4 Å². The summed E-state index contributed by atoms with van der Waals surface area (Å²) < 4.78 is 5.34. The zero-order valence-corrected chi connectivity index (χ0v) is 9.67. The van der Waals surface area contributed by atoms with Crippen LogP contribution in [-0.4, -0.2) is 11.4 Å². The SMILES string of the molecule is C#CCN(Cc1ccccc1)Cc1ccco1. The van der Waals surface area contributed by atoms with Gasteiger partial charge in [-0.2, -0.15) is 0 Å². The third-order valence-corrected chi connectivity index (χ3v) is 2.52. The molecule has 0 amide bonds. The largest absolute Gasteiger partial charge is 0.468 e. The van der Waals surface area contributed by atoms with Gasteiger partial charge in [-0.15, -0.1) is 6.42 Å². The minimum Gasteiger partial charge on any atom is -0.468 e. The van der Waals surface area contributed by atoms with Gasteiger partial charge in [0.15, 0.2) is 0 Å². The summed E-state index contributed by atoms with van der Waals surface area (Å²) in [4.78, 5) is 2.17. The van der Waals surface area contributed by atoms with Crippen LogP contribution in [0.3, 0.4) is 0 Å². The van der Waals surface area contributed by atoms with Gasteiger partial charge in [0.25, 0.3) is 0 Å². The van der Waals surface area contributed by atoms with Crippen LogP contribution in [0.15, 0.2) is 53.1 Å². The van der Waals surface area contributed by atoms with Gasteiger partial charge in [-0.3, -0.25) is 4.90 Å². The highest BCUT2D eigenvalue weighted by atomic mass is 16.3. The van der Waals surface area contributed by atoms with Crippen molar-refractivity contribution in [1.29, 1.82) is 0 Å². The Morgan fingerprint density at radius 1 is 1.06 bits per heavy atom. The summed E-state index contributed by atoms with van der Waals surface area (Å²) in [5.41, 5.74) is 1.26. The van der Waals surface area contributed by atoms with Crippen LogP contribution in [0.25, 0.3) is 0 Å². The predicted molar refractivity (Wildman–Crippen MR) is 68.1 cm³/mol. The molecular weight excluding hydrogens is 210 g/mol. The molecule has 2 nitrogen and oxygen atoms in total. The highest BCUT2D eigenvalue weighted by molar-refractivity contribution is 5.15. The molecule has 1 aromatic carbocycles. The number of terminal acetylenes is 1. The zero-order chi connectivity index (χ0) is 11.9. The van der Waals surface area contributed by atoms with Crippen molar-refractivity contribution in [1.82, 2.24) is 4.90 Å². The molecule has 0 aliphatic rings. The first-order valence-corrected chi connectivity index (χ1v) is 5.60. The lowest BCUT2D eigenvalue weighted by molar-refractivity contribution is 0.264. The third kappa shape index (κ3) is 3.51. The van der Waals surface area contributed by atoms with Gasteiger partial charge in [0, 0.05) is 6.54 Å². The molecule has 1 heterocycles. The maximum absolute atomic E-state index is 5.39. The first-order valence-electron chi connectivity index (χ1n) is 5.60. The minimum absolute atomic E-state index is 0.621. The lowest BCUT2D eigenvalue weighted by Crippen LogP contribution is -2.22. The van der Waals surface area contributed by atoms with Gasteiger partial charge in [-0.1, -0.05) is 36.3 Å². The van der Waals surface area contributed by atoms with E-state index in [9.17, 15) is 0 Å². The van der Waals surface area contributed by atoms with Crippen LogP contribution >= 0.6 is 0 Å². The van der Waals surface area contributed by atoms with E-state index in [0.29, 0.717) is 6.54 Å². The molecule has 0 fully saturated rings. The van der Waals surface area contributed by atoms with Crippen LogP contribution in [-0.2, 0) is 13.1 Å². The van der Waals surface area contributed by atoms with Crippen molar-refractivity contribution in [3.8, 4) is 12.3 Å². The predicted octanol–water partition coefficient (Wildman–Crippen LogP) is 2.92. The van der Waals surface area contributed by atoms with Gasteiger partial charge in [0.2, 0.25) is 0 Å². The maximum atomic E-state index is 5.39. The molecule has 0 bridgehead atoms. The van der Waals surface area contributed by atoms with Crippen molar-refractivity contribution in [3.63, 3.8) is 0 Å². The molecule has 0 atom stereocenters. The molecule has 2 rings (SSSR count). The fourth-order valence-electron chi connectivity index (χ4n) is 1.76. The van der Waals surface area contributed by atoms with Crippen LogP contribution < -0.4 is 0 Å². The summed E-state index contributed by atoms with van der Waals surface area (Å²) in [6.45, 7) is 2.20. The summed E-state index contributed by atoms with van der Waals surface area (Å²) in [6, 6.07) is 14.2. The standard InChI is InChI=1S/C15H15NO/c1-2-10-16(13-15-9-6-11-17-15)12-14-7-4-3-5-8-14/h1,3-9,11H,10,12-13H2. The number of nitrogens with zero attached hydrogens (tertiary/aromatic N) is 1. The molecule has 0 radical (unpaired) electrons. The van der Waals surface area contributed by atoms with E-state index < -0.39 is 0 Å². The average molecular weight is 225 g/mol. The molecule has 2 heteroatoms. The van der Waals surface area contributed by atoms with Crippen molar-refractivity contribution in [3.05, 3.63) is 60.1 Å². The van der Waals surface area contributed by atoms with E-state index in [4.69, 9.17) is 10.8 Å². The lowest BCUT2D eigenvalue weighted by Gasteiger charge is -2.18. The van der Waals surface area contributed by atoms with Crippen LogP contribution in [0, 0.1) is 12.3 Å². The zero-order valence-electron chi connectivity index (χ0n) is 9.67. The Bertz CT molecular complexity index is 467. The summed E-state index contributed by atoms with van der Waals surface area (Å²) in [5.74, 6) is 3.63. The number of benzene rings is 1. The van der Waals surface area contributed by atoms with Gasteiger partial charge in [-0.05, 0) is 17.7 Å². The Kier molecular flexibility index (Phi) is 4.01. The minimum atomic E-state index is 0.621. The van der Waals surface area contributed by atoms with Crippen LogP contribution in [0.4, 0.5) is 0 Å². The normalized spacial score (nSPS) is 10.4. The van der Waals surface area contributed by atoms with Gasteiger partial charge in [0.1, 0.15) is 5.76 Å². The van der Waals surface area contributed by atoms with E-state index in [1.165, 1.54) is 5.56 Å². The monoisotopic (exact) mass is 225 g/mol. The summed E-state index contributed by atoms with van der Waals surface area (Å²) >= 11 is 0. The molecule has 0 unspecified atom stereocenters. The molecule has 0 saturated carbocycles. The fraction of sp³-hybridized carbons (Fsp3) is 0.200. The Labute approximate surface area is 102 Å². The molecule has 1 aromatic heterocycles. The van der Waals surface area contributed by atoms with Gasteiger partial charge in [0.05, 0.1) is 19.4 Å². The van der Waals surface area contributed by atoms with Crippen molar-refractivity contribution in [2.45, 2.75) is 13.1 Å². The molecule has 0 aliphatic heterocycles. The molecule has 2 aromatic rings. The lowest BCUT2D eigenvalue weighted by atomic mass is 10.2. The Morgan fingerprint density at radius 2 is 1.88 bits per heavy atom. The number of furan rings is 1. The first kappa shape index (κ1) is 11.5. The average Bonchev–Trinajstić information content (AvgIpc) is 2.83. The highest BCUT2D eigenvalue weighted by Crippen LogP contribution is 2.09. The van der Waals surface area contributed by atoms with Crippen LogP contribution in [0.1, 0.15) is 11.3 Å². The summed E-state index contributed by atoms with van der Waals surface area (Å²) in [6.07, 6.45) is 7.08. The molecule has 0 N–H and O–H groups in total. The maximum Gasteiger partial charge on any atom is 0.117 e. The van der Waals surface area contributed by atoms with E-state index in [2.05, 4.69) is 23.0 Å². The number of hydrogen-bond acceptors (Lipinski definition) is 2. The Morgan fingerprint density at radius 3 is 2.53 bits per heavy atom. The Hall–Kier alpha value is -1.98. The van der Waals surface area contributed by atoms with Crippen molar-refractivity contribution in [2.75, 3.05) is 6.54 Å². The number of rotatable bonds is 5. The second-order valence-corrected chi connectivity index (χ2v) is 3.91. The second-order valence-electron chi connectivity index (χ2n) is 3.91. The molecule has 0 spiro atoms. The molecule has 0 saturated heterocycles. The van der Waals surface area contributed by atoms with E-state index >= 15 is 0 Å². The summed E-state index contributed by atoms with van der Waals surface area (Å²) in [5, 5.41) is 0. The molecule has 86 valence electrons. The second kappa shape index (κ2) is 5.93. The molecule has 0 aliphatic carbocycles. The van der Waals surface area contributed by atoms with E-state index in [1.54, 1.807) is 6.26 Å². The quantitative estimate of drug-likeness (QED) is 0.727. The van der Waals surface area contributed by atoms with Gasteiger partial charge >= 0.3 is 0 Å². The van der Waals surface area contributed by atoms with Crippen molar-refractivity contribution >= 4 is 0 Å². The fourth-order valence-corrected chi connectivity index (χ4v) is 1.76. The van der Waals surface area contributed by atoms with Crippen molar-refractivity contribution < 1.29 is 4.42 Å². The number of hydrogen-bond donors (Lipinski definition) is 0. The van der Waals surface area contributed by atoms with Crippen LogP contribution in [0.2, 0.25) is 0 Å². The van der Waals surface area contributed by atoms with E-state index in [0.717, 1.165) is 18.8 Å². The smallest absolute Gasteiger partial charge is 0.117 e. The van der Waals surface area contributed by atoms with Crippen molar-refractivity contribution in [2.24, 2.45) is 0 Å². The van der Waals surface area contributed by atoms with E-state index in [-0.39, 0.29) is 0 Å². The van der Waals surface area contributed by atoms with E-state index in [1.807, 2.05) is 30.3 Å². The highest BCUT2D eigenvalue weighted by Gasteiger charge is 2.07. The summed E-state index contributed by atoms with van der Waals surface area (Å²) in [7, 11) is 0. The molecule has 17 heavy (non-hydrogen) atoms. The first-order chi connectivity index (χ1) is 8.38. The molecular formula is C15H15NO.